The van der Waals surface area contributed by atoms with Gasteiger partial charge in [0.05, 0.1) is 0 Å². The highest BCUT2D eigenvalue weighted by atomic mass is 16.6. The summed E-state index contributed by atoms with van der Waals surface area (Å²) >= 11 is 0. The first-order valence-corrected chi connectivity index (χ1v) is 6.55. The molecule has 1 heterocycles. The zero-order valence-corrected chi connectivity index (χ0v) is 11.9. The fourth-order valence-corrected chi connectivity index (χ4v) is 2.14. The Hall–Kier alpha value is -1.94. The van der Waals surface area contributed by atoms with Crippen molar-refractivity contribution in [2.24, 2.45) is 0 Å². The van der Waals surface area contributed by atoms with Gasteiger partial charge in [0, 0.05) is 6.92 Å². The van der Waals surface area contributed by atoms with E-state index in [0.717, 1.165) is 16.7 Å². The molecule has 2 rings (SSSR count). The number of benzene rings is 1. The topological polar surface area (TPSA) is 52.6 Å². The van der Waals surface area contributed by atoms with E-state index in [1.165, 1.54) is 13.0 Å². The van der Waals surface area contributed by atoms with Crippen LogP contribution in [0.5, 0.6) is 0 Å². The van der Waals surface area contributed by atoms with Crippen LogP contribution < -0.4 is 0 Å². The van der Waals surface area contributed by atoms with Crippen molar-refractivity contribution in [1.29, 1.82) is 0 Å². The van der Waals surface area contributed by atoms with Crippen molar-refractivity contribution in [2.45, 2.75) is 33.0 Å². The summed E-state index contributed by atoms with van der Waals surface area (Å²) in [5.41, 5.74) is 2.95. The number of hydrogen-bond donors (Lipinski definition) is 0. The first-order valence-electron chi connectivity index (χ1n) is 6.55. The highest BCUT2D eigenvalue weighted by Crippen LogP contribution is 2.28. The highest BCUT2D eigenvalue weighted by molar-refractivity contribution is 5.95. The molecular formula is C16H18O4. The Morgan fingerprint density at radius 1 is 1.35 bits per heavy atom. The first kappa shape index (κ1) is 14.5. The lowest BCUT2D eigenvalue weighted by molar-refractivity contribution is -0.147. The second-order valence-electron chi connectivity index (χ2n) is 4.98. The molecule has 0 bridgehead atoms. The van der Waals surface area contributed by atoms with Crippen LogP contribution in [0.25, 0.3) is 0 Å². The zero-order valence-electron chi connectivity index (χ0n) is 11.9. The maximum atomic E-state index is 12.0. The third-order valence-electron chi connectivity index (χ3n) is 3.21. The van der Waals surface area contributed by atoms with Crippen LogP contribution in [0.4, 0.5) is 0 Å². The Bertz CT molecular complexity index is 560. The minimum atomic E-state index is -0.625. The van der Waals surface area contributed by atoms with Crippen LogP contribution in [0.15, 0.2) is 30.4 Å². The summed E-state index contributed by atoms with van der Waals surface area (Å²) in [5, 5.41) is 0. The Morgan fingerprint density at radius 2 is 2.10 bits per heavy atom. The van der Waals surface area contributed by atoms with Crippen LogP contribution in [0, 0.1) is 13.8 Å². The number of esters is 1. The number of aryl methyl sites for hydroxylation is 2. The molecule has 1 aromatic carbocycles. The molecule has 1 aliphatic heterocycles. The second kappa shape index (κ2) is 6.01. The molecule has 0 N–H and O–H groups in total. The lowest BCUT2D eigenvalue weighted by Gasteiger charge is -2.26. The van der Waals surface area contributed by atoms with E-state index in [1.807, 2.05) is 32.0 Å². The number of ketones is 1. The number of hydrogen-bond acceptors (Lipinski definition) is 4. The fraction of sp³-hybridized carbons (Fsp3) is 0.375. The third-order valence-corrected chi connectivity index (χ3v) is 3.21. The molecule has 0 fully saturated rings. The molecule has 106 valence electrons. The van der Waals surface area contributed by atoms with Crippen LogP contribution in [-0.2, 0) is 19.1 Å². The van der Waals surface area contributed by atoms with Gasteiger partial charge in [-0.05, 0) is 37.1 Å². The van der Waals surface area contributed by atoms with Gasteiger partial charge < -0.3 is 9.47 Å². The summed E-state index contributed by atoms with van der Waals surface area (Å²) in [5.74, 6) is -0.444. The van der Waals surface area contributed by atoms with E-state index in [1.54, 1.807) is 6.08 Å². The fourth-order valence-electron chi connectivity index (χ4n) is 2.14. The molecule has 20 heavy (non-hydrogen) atoms. The maximum Gasteiger partial charge on any atom is 0.302 e. The Labute approximate surface area is 118 Å². The molecule has 1 aliphatic rings. The molecule has 2 atom stereocenters. The molecule has 4 nitrogen and oxygen atoms in total. The van der Waals surface area contributed by atoms with E-state index in [-0.39, 0.29) is 24.5 Å². The standard InChI is InChI=1S/C16H18O4/c1-10-4-5-11(2)14(8-10)16-15(18)7-6-13(20-16)9-19-12(3)17/h4-8,13,16H,9H2,1-3H3/t13-,16?/m0/s1. The molecule has 1 aromatic rings. The summed E-state index contributed by atoms with van der Waals surface area (Å²) in [6, 6.07) is 5.93. The molecule has 0 saturated carbocycles. The summed E-state index contributed by atoms with van der Waals surface area (Å²) < 4.78 is 10.7. The van der Waals surface area contributed by atoms with Crippen LogP contribution in [-0.4, -0.2) is 24.5 Å². The van der Waals surface area contributed by atoms with Crippen molar-refractivity contribution < 1.29 is 19.1 Å². The largest absolute Gasteiger partial charge is 0.463 e. The van der Waals surface area contributed by atoms with Gasteiger partial charge in [0.25, 0.3) is 0 Å². The smallest absolute Gasteiger partial charge is 0.302 e. The van der Waals surface area contributed by atoms with Crippen molar-refractivity contribution in [3.05, 3.63) is 47.0 Å². The van der Waals surface area contributed by atoms with Gasteiger partial charge in [-0.2, -0.15) is 0 Å². The average Bonchev–Trinajstić information content (AvgIpc) is 2.41. The van der Waals surface area contributed by atoms with Gasteiger partial charge >= 0.3 is 5.97 Å². The summed E-state index contributed by atoms with van der Waals surface area (Å²) in [7, 11) is 0. The van der Waals surface area contributed by atoms with Crippen LogP contribution in [0.1, 0.15) is 29.7 Å². The highest BCUT2D eigenvalue weighted by Gasteiger charge is 2.28. The SMILES string of the molecule is CC(=O)OC[C@@H]1C=CC(=O)C(c2cc(C)ccc2C)O1. The lowest BCUT2D eigenvalue weighted by Crippen LogP contribution is -2.29. The normalized spacial score (nSPS) is 21.9. The molecule has 0 aliphatic carbocycles. The molecule has 0 spiro atoms. The Balaban J connectivity index is 2.19. The van der Waals surface area contributed by atoms with Gasteiger partial charge in [-0.25, -0.2) is 0 Å². The monoisotopic (exact) mass is 274 g/mol. The Kier molecular flexibility index (Phi) is 4.35. The molecule has 0 aromatic heterocycles. The summed E-state index contributed by atoms with van der Waals surface area (Å²) in [4.78, 5) is 22.9. The van der Waals surface area contributed by atoms with Gasteiger partial charge in [-0.1, -0.05) is 23.8 Å². The lowest BCUT2D eigenvalue weighted by atomic mass is 9.96. The minimum absolute atomic E-state index is 0.0854. The van der Waals surface area contributed by atoms with Crippen molar-refractivity contribution in [2.75, 3.05) is 6.61 Å². The van der Waals surface area contributed by atoms with Gasteiger partial charge in [0.1, 0.15) is 18.8 Å². The average molecular weight is 274 g/mol. The number of rotatable bonds is 3. The quantitative estimate of drug-likeness (QED) is 0.794. The van der Waals surface area contributed by atoms with Gasteiger partial charge in [-0.3, -0.25) is 9.59 Å². The maximum absolute atomic E-state index is 12.0. The van der Waals surface area contributed by atoms with Crippen molar-refractivity contribution >= 4 is 11.8 Å². The first-order chi connectivity index (χ1) is 9.47. The predicted octanol–water partition coefficient (Wildman–Crippen LogP) is 2.43. The Morgan fingerprint density at radius 3 is 2.80 bits per heavy atom. The van der Waals surface area contributed by atoms with E-state index in [4.69, 9.17) is 9.47 Å². The number of carbonyl (C=O) groups excluding carboxylic acids is 2. The van der Waals surface area contributed by atoms with Gasteiger partial charge in [0.2, 0.25) is 0 Å². The van der Waals surface area contributed by atoms with Crippen LogP contribution in [0.3, 0.4) is 0 Å². The third kappa shape index (κ3) is 3.33. The minimum Gasteiger partial charge on any atom is -0.463 e. The second-order valence-corrected chi connectivity index (χ2v) is 4.98. The number of carbonyl (C=O) groups is 2. The number of ether oxygens (including phenoxy) is 2. The van der Waals surface area contributed by atoms with E-state index >= 15 is 0 Å². The van der Waals surface area contributed by atoms with Crippen LogP contribution in [0.2, 0.25) is 0 Å². The van der Waals surface area contributed by atoms with Crippen LogP contribution >= 0.6 is 0 Å². The summed E-state index contributed by atoms with van der Waals surface area (Å²) in [6.45, 7) is 5.40. The molecule has 0 radical (unpaired) electrons. The van der Waals surface area contributed by atoms with E-state index < -0.39 is 6.10 Å². The zero-order chi connectivity index (χ0) is 14.7. The molecular weight excluding hydrogens is 256 g/mol. The van der Waals surface area contributed by atoms with Crippen molar-refractivity contribution in [3.63, 3.8) is 0 Å². The molecule has 4 heteroatoms. The molecule has 0 amide bonds. The van der Waals surface area contributed by atoms with E-state index in [2.05, 4.69) is 0 Å². The van der Waals surface area contributed by atoms with Gasteiger partial charge in [0.15, 0.2) is 5.78 Å². The molecule has 1 unspecified atom stereocenters. The van der Waals surface area contributed by atoms with Crippen molar-refractivity contribution in [3.8, 4) is 0 Å². The van der Waals surface area contributed by atoms with Gasteiger partial charge in [-0.15, -0.1) is 0 Å². The van der Waals surface area contributed by atoms with Crippen molar-refractivity contribution in [1.82, 2.24) is 0 Å². The van der Waals surface area contributed by atoms with E-state index in [0.29, 0.717) is 0 Å². The summed E-state index contributed by atoms with van der Waals surface area (Å²) in [6.07, 6.45) is 2.12. The van der Waals surface area contributed by atoms with E-state index in [9.17, 15) is 9.59 Å². The predicted molar refractivity (Wildman–Crippen MR) is 74.3 cm³/mol. The molecule has 0 saturated heterocycles.